The maximum atomic E-state index is 6.22. The topological polar surface area (TPSA) is 44.5 Å². The summed E-state index contributed by atoms with van der Waals surface area (Å²) < 4.78 is 11.5. The SMILES string of the molecule is CC1OCCC1(CN)Cc1cc(Cl)cc2c1OCC2. The monoisotopic (exact) mass is 281 g/mol. The largest absolute Gasteiger partial charge is 0.493 e. The first-order valence-corrected chi connectivity index (χ1v) is 7.28. The molecule has 0 saturated carbocycles. The van der Waals surface area contributed by atoms with Crippen LogP contribution in [0.15, 0.2) is 12.1 Å². The van der Waals surface area contributed by atoms with Gasteiger partial charge in [-0.05, 0) is 43.0 Å². The predicted molar refractivity (Wildman–Crippen MR) is 75.9 cm³/mol. The molecule has 1 aromatic carbocycles. The molecule has 2 heterocycles. The number of halogens is 1. The lowest BCUT2D eigenvalue weighted by Gasteiger charge is -2.31. The quantitative estimate of drug-likeness (QED) is 0.926. The van der Waals surface area contributed by atoms with Gasteiger partial charge in [-0.25, -0.2) is 0 Å². The Kier molecular flexibility index (Phi) is 3.46. The Morgan fingerprint density at radius 1 is 1.42 bits per heavy atom. The molecule has 0 radical (unpaired) electrons. The molecule has 2 atom stereocenters. The Labute approximate surface area is 119 Å². The van der Waals surface area contributed by atoms with Crippen molar-refractivity contribution in [2.24, 2.45) is 11.1 Å². The van der Waals surface area contributed by atoms with E-state index in [0.29, 0.717) is 6.54 Å². The van der Waals surface area contributed by atoms with E-state index in [-0.39, 0.29) is 11.5 Å². The number of hydrogen-bond acceptors (Lipinski definition) is 3. The van der Waals surface area contributed by atoms with Crippen LogP contribution in [0.2, 0.25) is 5.02 Å². The smallest absolute Gasteiger partial charge is 0.125 e. The molecule has 19 heavy (non-hydrogen) atoms. The number of rotatable bonds is 3. The molecule has 0 bridgehead atoms. The van der Waals surface area contributed by atoms with Crippen LogP contribution in [-0.2, 0) is 17.6 Å². The molecule has 0 aliphatic carbocycles. The van der Waals surface area contributed by atoms with Gasteiger partial charge in [0, 0.05) is 30.0 Å². The molecule has 0 aromatic heterocycles. The zero-order chi connectivity index (χ0) is 13.5. The third kappa shape index (κ3) is 2.24. The predicted octanol–water partition coefficient (Wildman–Crippen LogP) is 2.57. The van der Waals surface area contributed by atoms with Crippen LogP contribution < -0.4 is 10.5 Å². The van der Waals surface area contributed by atoms with Gasteiger partial charge in [0.25, 0.3) is 0 Å². The van der Waals surface area contributed by atoms with Gasteiger partial charge in [0.2, 0.25) is 0 Å². The van der Waals surface area contributed by atoms with Crippen LogP contribution in [0.3, 0.4) is 0 Å². The molecule has 2 unspecified atom stereocenters. The molecule has 2 N–H and O–H groups in total. The van der Waals surface area contributed by atoms with Gasteiger partial charge in [0.1, 0.15) is 5.75 Å². The Hall–Kier alpha value is -0.770. The number of ether oxygens (including phenoxy) is 2. The summed E-state index contributed by atoms with van der Waals surface area (Å²) in [5.74, 6) is 1.02. The minimum Gasteiger partial charge on any atom is -0.493 e. The van der Waals surface area contributed by atoms with E-state index in [1.165, 1.54) is 11.1 Å². The van der Waals surface area contributed by atoms with Crippen LogP contribution in [0.25, 0.3) is 0 Å². The van der Waals surface area contributed by atoms with Crippen molar-refractivity contribution in [2.45, 2.75) is 32.3 Å². The molecule has 104 valence electrons. The standard InChI is InChI=1S/C15H20ClNO2/c1-10-15(9-17,3-5-18-10)8-12-7-13(16)6-11-2-4-19-14(11)12/h6-7,10H,2-5,8-9,17H2,1H3. The molecular weight excluding hydrogens is 262 g/mol. The van der Waals surface area contributed by atoms with E-state index >= 15 is 0 Å². The maximum Gasteiger partial charge on any atom is 0.125 e. The minimum atomic E-state index is 0.0183. The van der Waals surface area contributed by atoms with E-state index in [9.17, 15) is 0 Å². The van der Waals surface area contributed by atoms with Crippen LogP contribution in [-0.4, -0.2) is 25.9 Å². The number of hydrogen-bond donors (Lipinski definition) is 1. The lowest BCUT2D eigenvalue weighted by molar-refractivity contribution is 0.0671. The molecule has 0 spiro atoms. The van der Waals surface area contributed by atoms with E-state index in [1.807, 2.05) is 12.1 Å². The second-order valence-corrected chi connectivity index (χ2v) is 6.09. The summed E-state index contributed by atoms with van der Waals surface area (Å²) in [5, 5.41) is 0.790. The van der Waals surface area contributed by atoms with Gasteiger partial charge < -0.3 is 15.2 Å². The Morgan fingerprint density at radius 2 is 2.26 bits per heavy atom. The first kappa shape index (κ1) is 13.2. The van der Waals surface area contributed by atoms with Gasteiger partial charge in [-0.15, -0.1) is 0 Å². The van der Waals surface area contributed by atoms with Gasteiger partial charge in [0.15, 0.2) is 0 Å². The highest BCUT2D eigenvalue weighted by atomic mass is 35.5. The third-order valence-corrected chi connectivity index (χ3v) is 4.82. The van der Waals surface area contributed by atoms with Gasteiger partial charge in [0.05, 0.1) is 12.7 Å². The summed E-state index contributed by atoms with van der Waals surface area (Å²) in [6, 6.07) is 4.03. The zero-order valence-corrected chi connectivity index (χ0v) is 12.0. The molecule has 1 fully saturated rings. The third-order valence-electron chi connectivity index (χ3n) is 4.60. The number of fused-ring (bicyclic) bond motifs is 1. The normalized spacial score (nSPS) is 29.3. The first-order chi connectivity index (χ1) is 9.14. The number of benzene rings is 1. The fourth-order valence-corrected chi connectivity index (χ4v) is 3.51. The Morgan fingerprint density at radius 3 is 2.95 bits per heavy atom. The second-order valence-electron chi connectivity index (χ2n) is 5.66. The summed E-state index contributed by atoms with van der Waals surface area (Å²) in [6.07, 6.45) is 3.03. The summed E-state index contributed by atoms with van der Waals surface area (Å²) in [4.78, 5) is 0. The fourth-order valence-electron chi connectivity index (χ4n) is 3.25. The molecule has 0 amide bonds. The summed E-state index contributed by atoms with van der Waals surface area (Å²) in [6.45, 7) is 4.30. The maximum absolute atomic E-state index is 6.22. The Bertz CT molecular complexity index is 491. The number of nitrogens with two attached hydrogens (primary N) is 1. The van der Waals surface area contributed by atoms with Gasteiger partial charge in [-0.2, -0.15) is 0 Å². The van der Waals surface area contributed by atoms with Crippen molar-refractivity contribution in [3.05, 3.63) is 28.3 Å². The minimum absolute atomic E-state index is 0.0183. The lowest BCUT2D eigenvalue weighted by atomic mass is 9.76. The molecule has 1 aromatic rings. The molecule has 4 heteroatoms. The first-order valence-electron chi connectivity index (χ1n) is 6.90. The van der Waals surface area contributed by atoms with E-state index in [1.54, 1.807) is 0 Å². The zero-order valence-electron chi connectivity index (χ0n) is 11.2. The fraction of sp³-hybridized carbons (Fsp3) is 0.600. The highest BCUT2D eigenvalue weighted by Crippen LogP contribution is 2.42. The van der Waals surface area contributed by atoms with Crippen molar-refractivity contribution in [2.75, 3.05) is 19.8 Å². The average Bonchev–Trinajstić information content (AvgIpc) is 2.97. The van der Waals surface area contributed by atoms with E-state index < -0.39 is 0 Å². The van der Waals surface area contributed by atoms with E-state index in [2.05, 4.69) is 6.92 Å². The molecule has 2 aliphatic heterocycles. The van der Waals surface area contributed by atoms with Crippen molar-refractivity contribution in [3.8, 4) is 5.75 Å². The molecule has 3 nitrogen and oxygen atoms in total. The van der Waals surface area contributed by atoms with Crippen molar-refractivity contribution < 1.29 is 9.47 Å². The van der Waals surface area contributed by atoms with Crippen LogP contribution in [0.5, 0.6) is 5.75 Å². The van der Waals surface area contributed by atoms with Gasteiger partial charge in [-0.1, -0.05) is 11.6 Å². The summed E-state index contributed by atoms with van der Waals surface area (Å²) in [5.41, 5.74) is 8.46. The van der Waals surface area contributed by atoms with Crippen molar-refractivity contribution in [3.63, 3.8) is 0 Å². The molecular formula is C15H20ClNO2. The van der Waals surface area contributed by atoms with E-state index in [4.69, 9.17) is 26.8 Å². The van der Waals surface area contributed by atoms with Crippen molar-refractivity contribution in [1.29, 1.82) is 0 Å². The molecule has 1 saturated heterocycles. The van der Waals surface area contributed by atoms with Crippen molar-refractivity contribution in [1.82, 2.24) is 0 Å². The van der Waals surface area contributed by atoms with Crippen LogP contribution in [0.1, 0.15) is 24.5 Å². The van der Waals surface area contributed by atoms with Gasteiger partial charge >= 0.3 is 0 Å². The van der Waals surface area contributed by atoms with Gasteiger partial charge in [-0.3, -0.25) is 0 Å². The van der Waals surface area contributed by atoms with Crippen LogP contribution in [0.4, 0.5) is 0 Å². The molecule has 2 aliphatic rings. The van der Waals surface area contributed by atoms with Crippen LogP contribution in [0, 0.1) is 5.41 Å². The summed E-state index contributed by atoms with van der Waals surface area (Å²) in [7, 11) is 0. The van der Waals surface area contributed by atoms with Crippen LogP contribution >= 0.6 is 11.6 Å². The second kappa shape index (κ2) is 4.97. The van der Waals surface area contributed by atoms with E-state index in [0.717, 1.165) is 43.2 Å². The highest BCUT2D eigenvalue weighted by molar-refractivity contribution is 6.30. The summed E-state index contributed by atoms with van der Waals surface area (Å²) >= 11 is 6.22. The average molecular weight is 282 g/mol. The van der Waals surface area contributed by atoms with Crippen molar-refractivity contribution >= 4 is 11.6 Å². The lowest BCUT2D eigenvalue weighted by Crippen LogP contribution is -2.38. The Balaban J connectivity index is 1.95. The highest BCUT2D eigenvalue weighted by Gasteiger charge is 2.41. The molecule has 3 rings (SSSR count).